The lowest BCUT2D eigenvalue weighted by molar-refractivity contribution is 0.316. The molecule has 0 saturated carbocycles. The molecule has 2 aromatic heterocycles. The van der Waals surface area contributed by atoms with Gasteiger partial charge >= 0.3 is 0 Å². The molecule has 0 amide bonds. The van der Waals surface area contributed by atoms with Crippen molar-refractivity contribution in [2.24, 2.45) is 0 Å². The number of hydrogen-bond donors (Lipinski definition) is 1. The van der Waals surface area contributed by atoms with E-state index in [1.54, 1.807) is 17.8 Å². The van der Waals surface area contributed by atoms with Gasteiger partial charge in [-0.1, -0.05) is 54.2 Å². The number of rotatable bonds is 7. The predicted molar refractivity (Wildman–Crippen MR) is 127 cm³/mol. The second-order valence-electron chi connectivity index (χ2n) is 8.18. The van der Waals surface area contributed by atoms with E-state index in [9.17, 15) is 4.79 Å². The molecule has 0 spiro atoms. The van der Waals surface area contributed by atoms with Gasteiger partial charge in [-0.2, -0.15) is 0 Å². The van der Waals surface area contributed by atoms with Crippen molar-refractivity contribution in [1.82, 2.24) is 29.6 Å². The highest BCUT2D eigenvalue weighted by Crippen LogP contribution is 2.33. The Labute approximate surface area is 190 Å². The molecule has 1 saturated heterocycles. The molecule has 4 aromatic rings. The zero-order chi connectivity index (χ0) is 21.9. The van der Waals surface area contributed by atoms with Crippen LogP contribution in [0.1, 0.15) is 42.2 Å². The van der Waals surface area contributed by atoms with Crippen molar-refractivity contribution in [3.63, 3.8) is 0 Å². The molecule has 0 radical (unpaired) electrons. The van der Waals surface area contributed by atoms with Crippen LogP contribution >= 0.6 is 11.8 Å². The molecule has 1 fully saturated rings. The quantitative estimate of drug-likeness (QED) is 0.432. The van der Waals surface area contributed by atoms with E-state index < -0.39 is 0 Å². The third-order valence-corrected chi connectivity index (χ3v) is 6.93. The number of para-hydroxylation sites is 1. The van der Waals surface area contributed by atoms with E-state index in [1.807, 2.05) is 31.2 Å². The van der Waals surface area contributed by atoms with Crippen LogP contribution in [0.2, 0.25) is 0 Å². The first-order chi connectivity index (χ1) is 15.7. The molecule has 2 aromatic carbocycles. The summed E-state index contributed by atoms with van der Waals surface area (Å²) in [4.78, 5) is 22.6. The Morgan fingerprint density at radius 3 is 2.56 bits per heavy atom. The van der Waals surface area contributed by atoms with E-state index in [-0.39, 0.29) is 10.8 Å². The van der Waals surface area contributed by atoms with Crippen LogP contribution in [0.4, 0.5) is 0 Å². The van der Waals surface area contributed by atoms with Gasteiger partial charge in [-0.05, 0) is 50.6 Å². The minimum absolute atomic E-state index is 0.0781. The lowest BCUT2D eigenvalue weighted by Gasteiger charge is -2.17. The van der Waals surface area contributed by atoms with E-state index in [2.05, 4.69) is 48.9 Å². The molecular formula is C24H26N6OS. The van der Waals surface area contributed by atoms with Gasteiger partial charge in [0, 0.05) is 0 Å². The monoisotopic (exact) mass is 446 g/mol. The first-order valence-electron chi connectivity index (χ1n) is 11.0. The van der Waals surface area contributed by atoms with Crippen molar-refractivity contribution in [2.75, 3.05) is 13.1 Å². The number of fused-ring (bicyclic) bond motifs is 1. The number of aromatic nitrogens is 5. The summed E-state index contributed by atoms with van der Waals surface area (Å²) in [6, 6.07) is 17.8. The average Bonchev–Trinajstić information content (AvgIpc) is 3.46. The summed E-state index contributed by atoms with van der Waals surface area (Å²) in [5.41, 5.74) is 1.81. The van der Waals surface area contributed by atoms with Gasteiger partial charge in [-0.15, -0.1) is 10.2 Å². The van der Waals surface area contributed by atoms with Gasteiger partial charge in [-0.3, -0.25) is 9.69 Å². The lowest BCUT2D eigenvalue weighted by atomic mass is 10.2. The molecule has 7 nitrogen and oxygen atoms in total. The van der Waals surface area contributed by atoms with E-state index in [0.717, 1.165) is 30.6 Å². The number of hydrogen-bond acceptors (Lipinski definition) is 6. The fraction of sp³-hybridized carbons (Fsp3) is 0.333. The summed E-state index contributed by atoms with van der Waals surface area (Å²) in [7, 11) is 0. The Bertz CT molecular complexity index is 1260. The number of benzene rings is 2. The first kappa shape index (κ1) is 20.9. The number of thioether (sulfide) groups is 1. The van der Waals surface area contributed by atoms with Gasteiger partial charge in [-0.25, -0.2) is 4.98 Å². The molecule has 1 atom stereocenters. The molecule has 5 rings (SSSR count). The SMILES string of the molecule is C[C@@H](Sc1nnc(CN2CCCC2)n1Cc1ccccc1)c1nc2ccccc2c(=O)[nH]1. The van der Waals surface area contributed by atoms with Crippen LogP contribution in [0.25, 0.3) is 10.9 Å². The maximum absolute atomic E-state index is 12.5. The Morgan fingerprint density at radius 2 is 1.75 bits per heavy atom. The van der Waals surface area contributed by atoms with Crippen LogP contribution in [0, 0.1) is 0 Å². The van der Waals surface area contributed by atoms with Gasteiger partial charge in [0.05, 0.1) is 29.2 Å². The summed E-state index contributed by atoms with van der Waals surface area (Å²) in [5.74, 6) is 1.62. The Balaban J connectivity index is 1.44. The van der Waals surface area contributed by atoms with Gasteiger partial charge in [0.1, 0.15) is 11.6 Å². The lowest BCUT2D eigenvalue weighted by Crippen LogP contribution is -2.21. The van der Waals surface area contributed by atoms with Gasteiger partial charge in [0.15, 0.2) is 5.16 Å². The van der Waals surface area contributed by atoms with Crippen molar-refractivity contribution in [1.29, 1.82) is 0 Å². The molecule has 164 valence electrons. The molecule has 0 bridgehead atoms. The minimum atomic E-state index is -0.112. The van der Waals surface area contributed by atoms with Crippen molar-refractivity contribution < 1.29 is 0 Å². The highest BCUT2D eigenvalue weighted by molar-refractivity contribution is 7.99. The zero-order valence-corrected chi connectivity index (χ0v) is 18.9. The average molecular weight is 447 g/mol. The highest BCUT2D eigenvalue weighted by Gasteiger charge is 2.21. The minimum Gasteiger partial charge on any atom is -0.309 e. The van der Waals surface area contributed by atoms with E-state index >= 15 is 0 Å². The summed E-state index contributed by atoms with van der Waals surface area (Å²) in [6.07, 6.45) is 2.49. The smallest absolute Gasteiger partial charge is 0.258 e. The summed E-state index contributed by atoms with van der Waals surface area (Å²) >= 11 is 1.58. The fourth-order valence-corrected chi connectivity index (χ4v) is 5.02. The molecule has 3 heterocycles. The summed E-state index contributed by atoms with van der Waals surface area (Å²) < 4.78 is 2.20. The van der Waals surface area contributed by atoms with Gasteiger partial charge < -0.3 is 9.55 Å². The largest absolute Gasteiger partial charge is 0.309 e. The number of nitrogens with one attached hydrogen (secondary N) is 1. The highest BCUT2D eigenvalue weighted by atomic mass is 32.2. The number of likely N-dealkylation sites (tertiary alicyclic amines) is 1. The third kappa shape index (κ3) is 4.47. The van der Waals surface area contributed by atoms with Crippen molar-refractivity contribution in [2.45, 2.75) is 43.3 Å². The number of aromatic amines is 1. The first-order valence-corrected chi connectivity index (χ1v) is 11.9. The van der Waals surface area contributed by atoms with Crippen LogP contribution in [-0.2, 0) is 13.1 Å². The number of nitrogens with zero attached hydrogens (tertiary/aromatic N) is 5. The van der Waals surface area contributed by atoms with E-state index in [4.69, 9.17) is 4.98 Å². The second kappa shape index (κ2) is 9.26. The van der Waals surface area contributed by atoms with Crippen molar-refractivity contribution in [3.05, 3.63) is 82.2 Å². The van der Waals surface area contributed by atoms with Crippen LogP contribution in [0.5, 0.6) is 0 Å². The third-order valence-electron chi connectivity index (χ3n) is 5.84. The standard InChI is InChI=1S/C24H26N6OS/c1-17(22-25-20-12-6-5-11-19(20)23(31)26-22)32-24-28-27-21(16-29-13-7-8-14-29)30(24)15-18-9-3-2-4-10-18/h2-6,9-12,17H,7-8,13-16H2,1H3,(H,25,26,31)/t17-/m1/s1. The van der Waals surface area contributed by atoms with Crippen LogP contribution < -0.4 is 5.56 Å². The second-order valence-corrected chi connectivity index (χ2v) is 9.49. The predicted octanol–water partition coefficient (Wildman–Crippen LogP) is 4.01. The number of H-pyrrole nitrogens is 1. The Morgan fingerprint density at radius 1 is 1.00 bits per heavy atom. The Hall–Kier alpha value is -2.97. The van der Waals surface area contributed by atoms with Crippen molar-refractivity contribution >= 4 is 22.7 Å². The molecule has 1 aliphatic heterocycles. The molecule has 0 unspecified atom stereocenters. The maximum Gasteiger partial charge on any atom is 0.258 e. The molecule has 0 aliphatic carbocycles. The van der Waals surface area contributed by atoms with E-state index in [0.29, 0.717) is 23.3 Å². The van der Waals surface area contributed by atoms with E-state index in [1.165, 1.54) is 18.4 Å². The topological polar surface area (TPSA) is 79.7 Å². The maximum atomic E-state index is 12.5. The zero-order valence-electron chi connectivity index (χ0n) is 18.1. The molecule has 1 aliphatic rings. The Kier molecular flexibility index (Phi) is 6.05. The molecule has 1 N–H and O–H groups in total. The van der Waals surface area contributed by atoms with Crippen molar-refractivity contribution in [3.8, 4) is 0 Å². The summed E-state index contributed by atoms with van der Waals surface area (Å²) in [5, 5.41) is 10.4. The van der Waals surface area contributed by atoms with Crippen LogP contribution in [0.3, 0.4) is 0 Å². The molecule has 32 heavy (non-hydrogen) atoms. The summed E-state index contributed by atoms with van der Waals surface area (Å²) in [6.45, 7) is 5.78. The molecule has 8 heteroatoms. The fourth-order valence-electron chi connectivity index (χ4n) is 4.10. The normalized spacial score (nSPS) is 15.4. The van der Waals surface area contributed by atoms with Gasteiger partial charge in [0.2, 0.25) is 0 Å². The van der Waals surface area contributed by atoms with Crippen LogP contribution in [-0.4, -0.2) is 42.7 Å². The molecular weight excluding hydrogens is 420 g/mol. The van der Waals surface area contributed by atoms with Gasteiger partial charge in [0.25, 0.3) is 5.56 Å². The van der Waals surface area contributed by atoms with Crippen LogP contribution in [0.15, 0.2) is 64.5 Å².